The number of para-hydroxylation sites is 1. The summed E-state index contributed by atoms with van der Waals surface area (Å²) < 4.78 is 21.2. The Bertz CT molecular complexity index is 1840. The standard InChI is InChI=1S/C33H27N3O7/c1-20(37)42-26-16-14-23(18-29(26)41-3)33(39)43-27-15-13-21(17-28(27)40-2)19-34-36-32(38)31-30(22-9-5-4-6-10-22)24-11-7-8-12-25(24)35-31/h4-19,35H,1-3H3,(H,36,38). The molecule has 0 fully saturated rings. The summed E-state index contributed by atoms with van der Waals surface area (Å²) in [7, 11) is 2.83. The van der Waals surface area contributed by atoms with E-state index < -0.39 is 17.8 Å². The van der Waals surface area contributed by atoms with Crippen LogP contribution in [0.2, 0.25) is 0 Å². The normalized spacial score (nSPS) is 10.9. The molecule has 0 aliphatic rings. The Morgan fingerprint density at radius 3 is 2.19 bits per heavy atom. The van der Waals surface area contributed by atoms with Gasteiger partial charge in [-0.1, -0.05) is 48.5 Å². The van der Waals surface area contributed by atoms with Gasteiger partial charge in [0.05, 0.1) is 26.0 Å². The molecule has 43 heavy (non-hydrogen) atoms. The van der Waals surface area contributed by atoms with Gasteiger partial charge in [0.1, 0.15) is 5.69 Å². The molecule has 1 amide bonds. The van der Waals surface area contributed by atoms with Crippen molar-refractivity contribution < 1.29 is 33.3 Å². The summed E-state index contributed by atoms with van der Waals surface area (Å²) >= 11 is 0. The van der Waals surface area contributed by atoms with Crippen LogP contribution in [0.1, 0.15) is 33.3 Å². The largest absolute Gasteiger partial charge is 0.493 e. The number of rotatable bonds is 9. The quantitative estimate of drug-likeness (QED) is 0.0986. The zero-order valence-electron chi connectivity index (χ0n) is 23.5. The molecule has 2 N–H and O–H groups in total. The fraction of sp³-hybridized carbons (Fsp3) is 0.0909. The SMILES string of the molecule is COc1cc(C(=O)Oc2ccc(C=NNC(=O)c3[nH]c4ccccc4c3-c3ccccc3)cc2OC)ccc1OC(C)=O. The number of aromatic nitrogens is 1. The lowest BCUT2D eigenvalue weighted by atomic mass is 10.0. The van der Waals surface area contributed by atoms with E-state index in [0.717, 1.165) is 22.0 Å². The monoisotopic (exact) mass is 577 g/mol. The maximum Gasteiger partial charge on any atom is 0.343 e. The molecule has 0 aliphatic carbocycles. The van der Waals surface area contributed by atoms with Gasteiger partial charge in [0.2, 0.25) is 0 Å². The Morgan fingerprint density at radius 1 is 0.767 bits per heavy atom. The molecule has 1 aromatic heterocycles. The summed E-state index contributed by atoms with van der Waals surface area (Å²) in [6.45, 7) is 1.27. The number of hydrogen-bond donors (Lipinski definition) is 2. The molecule has 1 heterocycles. The molecule has 0 spiro atoms. The van der Waals surface area contributed by atoms with E-state index in [4.69, 9.17) is 18.9 Å². The zero-order valence-corrected chi connectivity index (χ0v) is 23.5. The second-order valence-electron chi connectivity index (χ2n) is 9.24. The van der Waals surface area contributed by atoms with E-state index in [9.17, 15) is 14.4 Å². The minimum Gasteiger partial charge on any atom is -0.493 e. The van der Waals surface area contributed by atoms with Crippen molar-refractivity contribution in [2.45, 2.75) is 6.92 Å². The maximum atomic E-state index is 13.2. The van der Waals surface area contributed by atoms with Gasteiger partial charge >= 0.3 is 11.9 Å². The number of nitrogens with one attached hydrogen (secondary N) is 2. The Labute approximate surface area is 246 Å². The smallest absolute Gasteiger partial charge is 0.343 e. The number of esters is 2. The molecule has 0 unspecified atom stereocenters. The van der Waals surface area contributed by atoms with Crippen molar-refractivity contribution >= 4 is 35.0 Å². The van der Waals surface area contributed by atoms with Crippen molar-refractivity contribution in [2.75, 3.05) is 14.2 Å². The molecular formula is C33H27N3O7. The third-order valence-corrected chi connectivity index (χ3v) is 6.42. The van der Waals surface area contributed by atoms with E-state index in [0.29, 0.717) is 11.3 Å². The molecule has 0 saturated heterocycles. The van der Waals surface area contributed by atoms with E-state index in [2.05, 4.69) is 15.5 Å². The lowest BCUT2D eigenvalue weighted by Gasteiger charge is -2.12. The number of carbonyl (C=O) groups excluding carboxylic acids is 3. The highest BCUT2D eigenvalue weighted by atomic mass is 16.6. The van der Waals surface area contributed by atoms with Crippen molar-refractivity contribution in [1.29, 1.82) is 0 Å². The minimum atomic E-state index is -0.674. The van der Waals surface area contributed by atoms with Gasteiger partial charge in [-0.25, -0.2) is 10.2 Å². The van der Waals surface area contributed by atoms with Crippen molar-refractivity contribution in [1.82, 2.24) is 10.4 Å². The number of methoxy groups -OCH3 is 2. The first-order valence-electron chi connectivity index (χ1n) is 13.1. The maximum absolute atomic E-state index is 13.2. The lowest BCUT2D eigenvalue weighted by molar-refractivity contribution is -0.132. The molecule has 5 aromatic rings. The van der Waals surface area contributed by atoms with Crippen LogP contribution in [0.3, 0.4) is 0 Å². The van der Waals surface area contributed by atoms with Crippen molar-refractivity contribution in [2.24, 2.45) is 5.10 Å². The highest BCUT2D eigenvalue weighted by Crippen LogP contribution is 2.33. The Hall–Kier alpha value is -5.90. The number of hydrogen-bond acceptors (Lipinski definition) is 8. The van der Waals surface area contributed by atoms with Crippen LogP contribution in [-0.4, -0.2) is 43.3 Å². The minimum absolute atomic E-state index is 0.169. The zero-order chi connectivity index (χ0) is 30.3. The highest BCUT2D eigenvalue weighted by Gasteiger charge is 2.19. The number of fused-ring (bicyclic) bond motifs is 1. The molecule has 0 aliphatic heterocycles. The Balaban J connectivity index is 1.31. The average molecular weight is 578 g/mol. The third-order valence-electron chi connectivity index (χ3n) is 6.42. The summed E-state index contributed by atoms with van der Waals surface area (Å²) in [6.07, 6.45) is 1.45. The van der Waals surface area contributed by atoms with Crippen molar-refractivity contribution in [3.8, 4) is 34.1 Å². The molecule has 4 aromatic carbocycles. The number of amides is 1. The molecule has 0 atom stereocenters. The van der Waals surface area contributed by atoms with Crippen LogP contribution in [0.25, 0.3) is 22.0 Å². The summed E-state index contributed by atoms with van der Waals surface area (Å²) in [5.41, 5.74) is 6.27. The predicted octanol–water partition coefficient (Wildman–Crippen LogP) is 5.76. The van der Waals surface area contributed by atoms with Gasteiger partial charge < -0.3 is 23.9 Å². The van der Waals surface area contributed by atoms with Crippen LogP contribution >= 0.6 is 0 Å². The molecule has 10 nitrogen and oxygen atoms in total. The fourth-order valence-electron chi connectivity index (χ4n) is 4.48. The number of nitrogens with zero attached hydrogens (tertiary/aromatic N) is 1. The predicted molar refractivity (Wildman–Crippen MR) is 161 cm³/mol. The van der Waals surface area contributed by atoms with Crippen molar-refractivity contribution in [3.05, 3.63) is 108 Å². The lowest BCUT2D eigenvalue weighted by Crippen LogP contribution is -2.18. The van der Waals surface area contributed by atoms with Crippen molar-refractivity contribution in [3.63, 3.8) is 0 Å². The molecule has 0 radical (unpaired) electrons. The van der Waals surface area contributed by atoms with Gasteiger partial charge in [0, 0.05) is 23.4 Å². The van der Waals surface area contributed by atoms with Crippen LogP contribution in [0.5, 0.6) is 23.0 Å². The molecule has 10 heteroatoms. The topological polar surface area (TPSA) is 128 Å². The summed E-state index contributed by atoms with van der Waals surface area (Å²) in [5.74, 6) is -0.770. The van der Waals surface area contributed by atoms with Crippen LogP contribution < -0.4 is 24.4 Å². The van der Waals surface area contributed by atoms with E-state index in [1.807, 2.05) is 54.6 Å². The number of hydrazone groups is 1. The molecular weight excluding hydrogens is 550 g/mol. The fourth-order valence-corrected chi connectivity index (χ4v) is 4.48. The summed E-state index contributed by atoms with van der Waals surface area (Å²) in [6, 6.07) is 26.5. The van der Waals surface area contributed by atoms with Crippen LogP contribution in [0.15, 0.2) is 96.1 Å². The highest BCUT2D eigenvalue weighted by molar-refractivity contribution is 6.09. The van der Waals surface area contributed by atoms with Gasteiger partial charge in [0.25, 0.3) is 5.91 Å². The van der Waals surface area contributed by atoms with Gasteiger partial charge in [-0.3, -0.25) is 9.59 Å². The van der Waals surface area contributed by atoms with E-state index in [1.165, 1.54) is 45.6 Å². The summed E-state index contributed by atoms with van der Waals surface area (Å²) in [5, 5.41) is 5.05. The number of aromatic amines is 1. The second kappa shape index (κ2) is 12.7. The number of benzene rings is 4. The van der Waals surface area contributed by atoms with Gasteiger partial charge in [-0.15, -0.1) is 0 Å². The summed E-state index contributed by atoms with van der Waals surface area (Å²) in [4.78, 5) is 40.5. The number of H-pyrrole nitrogens is 1. The number of carbonyl (C=O) groups is 3. The molecule has 0 bridgehead atoms. The molecule has 5 rings (SSSR count). The van der Waals surface area contributed by atoms with Gasteiger partial charge in [-0.2, -0.15) is 5.10 Å². The van der Waals surface area contributed by atoms with E-state index in [1.54, 1.807) is 18.2 Å². The molecule has 0 saturated carbocycles. The van der Waals surface area contributed by atoms with Crippen LogP contribution in [0, 0.1) is 0 Å². The first-order valence-corrected chi connectivity index (χ1v) is 13.1. The van der Waals surface area contributed by atoms with Crippen LogP contribution in [-0.2, 0) is 4.79 Å². The molecule has 216 valence electrons. The Morgan fingerprint density at radius 2 is 1.44 bits per heavy atom. The van der Waals surface area contributed by atoms with E-state index >= 15 is 0 Å². The number of ether oxygens (including phenoxy) is 4. The van der Waals surface area contributed by atoms with E-state index in [-0.39, 0.29) is 28.6 Å². The van der Waals surface area contributed by atoms with Gasteiger partial charge in [0.15, 0.2) is 23.0 Å². The average Bonchev–Trinajstić information content (AvgIpc) is 3.42. The first kappa shape index (κ1) is 28.6. The third kappa shape index (κ3) is 6.38. The Kier molecular flexibility index (Phi) is 8.48. The first-order chi connectivity index (χ1) is 20.9. The van der Waals surface area contributed by atoms with Crippen LogP contribution in [0.4, 0.5) is 0 Å². The van der Waals surface area contributed by atoms with Gasteiger partial charge in [-0.05, 0) is 53.6 Å². The second-order valence-corrected chi connectivity index (χ2v) is 9.24.